The van der Waals surface area contributed by atoms with E-state index < -0.39 is 17.6 Å². The summed E-state index contributed by atoms with van der Waals surface area (Å²) >= 11 is 5.89. The summed E-state index contributed by atoms with van der Waals surface area (Å²) in [6.45, 7) is 5.07. The van der Waals surface area contributed by atoms with Gasteiger partial charge in [0.05, 0.1) is 10.9 Å². The zero-order valence-corrected chi connectivity index (χ0v) is 11.2. The van der Waals surface area contributed by atoms with Gasteiger partial charge >= 0.3 is 5.97 Å². The van der Waals surface area contributed by atoms with Crippen LogP contribution in [0.5, 0.6) is 0 Å². The number of hydrogen-bond acceptors (Lipinski definition) is 3. The molecule has 0 amide bonds. The zero-order chi connectivity index (χ0) is 14.4. The van der Waals surface area contributed by atoms with Crippen LogP contribution in [0, 0.1) is 18.6 Å². The van der Waals surface area contributed by atoms with Gasteiger partial charge in [-0.25, -0.2) is 13.6 Å². The Morgan fingerprint density at radius 2 is 2.21 bits per heavy atom. The molecule has 0 fully saturated rings. The predicted octanol–water partition coefficient (Wildman–Crippen LogP) is 3.13. The average molecular weight is 290 g/mol. The van der Waals surface area contributed by atoms with E-state index in [1.54, 1.807) is 0 Å². The van der Waals surface area contributed by atoms with Crippen LogP contribution >= 0.6 is 11.6 Å². The smallest absolute Gasteiger partial charge is 0.338 e. The lowest BCUT2D eigenvalue weighted by molar-refractivity contribution is 0.0501. The van der Waals surface area contributed by atoms with Crippen LogP contribution in [0.1, 0.15) is 22.3 Å². The van der Waals surface area contributed by atoms with E-state index in [1.807, 2.05) is 0 Å². The van der Waals surface area contributed by atoms with Crippen molar-refractivity contribution in [3.8, 4) is 0 Å². The maximum atomic E-state index is 13.3. The molecule has 0 saturated heterocycles. The number of carbonyl (C=O) groups is 1. The van der Waals surface area contributed by atoms with Crippen molar-refractivity contribution in [2.45, 2.75) is 18.7 Å². The van der Waals surface area contributed by atoms with Gasteiger partial charge in [-0.2, -0.15) is 0 Å². The standard InChI is InChI=1S/C13H14ClF2NO2/c1-8-10(3-4-11(15)12(8)16)13(18)19-7-9(14)5-6-17-2/h3-4,9H,2,5-7H2,1H3. The number of carbonyl (C=O) groups excluding carboxylic acids is 1. The van der Waals surface area contributed by atoms with Gasteiger partial charge in [-0.1, -0.05) is 0 Å². The Morgan fingerprint density at radius 3 is 2.84 bits per heavy atom. The van der Waals surface area contributed by atoms with Crippen LogP contribution in [-0.4, -0.2) is 31.2 Å². The summed E-state index contributed by atoms with van der Waals surface area (Å²) in [6.07, 6.45) is 0.523. The summed E-state index contributed by atoms with van der Waals surface area (Å²) < 4.78 is 31.1. The number of hydrogen-bond donors (Lipinski definition) is 0. The Balaban J connectivity index is 2.64. The molecule has 0 bridgehead atoms. The molecule has 19 heavy (non-hydrogen) atoms. The van der Waals surface area contributed by atoms with Gasteiger partial charge in [0, 0.05) is 12.1 Å². The predicted molar refractivity (Wildman–Crippen MR) is 70.1 cm³/mol. The maximum Gasteiger partial charge on any atom is 0.338 e. The number of alkyl halides is 1. The summed E-state index contributed by atoms with van der Waals surface area (Å²) in [4.78, 5) is 15.3. The van der Waals surface area contributed by atoms with Gasteiger partial charge in [-0.3, -0.25) is 0 Å². The van der Waals surface area contributed by atoms with Crippen molar-refractivity contribution in [3.63, 3.8) is 0 Å². The van der Waals surface area contributed by atoms with E-state index in [1.165, 1.54) is 13.0 Å². The van der Waals surface area contributed by atoms with Crippen molar-refractivity contribution in [1.82, 2.24) is 0 Å². The van der Waals surface area contributed by atoms with Crippen molar-refractivity contribution < 1.29 is 18.3 Å². The van der Waals surface area contributed by atoms with Gasteiger partial charge in [0.1, 0.15) is 6.61 Å². The monoisotopic (exact) mass is 289 g/mol. The van der Waals surface area contributed by atoms with E-state index >= 15 is 0 Å². The molecule has 0 spiro atoms. The van der Waals surface area contributed by atoms with Crippen LogP contribution in [0.3, 0.4) is 0 Å². The number of halogens is 3. The lowest BCUT2D eigenvalue weighted by Gasteiger charge is -2.11. The molecule has 0 aromatic heterocycles. The Labute approximate surface area is 115 Å². The van der Waals surface area contributed by atoms with E-state index in [0.717, 1.165) is 6.07 Å². The number of benzene rings is 1. The van der Waals surface area contributed by atoms with Crippen molar-refractivity contribution in [1.29, 1.82) is 0 Å². The van der Waals surface area contributed by atoms with Crippen molar-refractivity contribution in [2.24, 2.45) is 4.99 Å². The first-order valence-electron chi connectivity index (χ1n) is 5.65. The first-order valence-corrected chi connectivity index (χ1v) is 6.09. The largest absolute Gasteiger partial charge is 0.461 e. The number of aliphatic imine (C=N–C) groups is 1. The first kappa shape index (κ1) is 15.6. The van der Waals surface area contributed by atoms with Crippen molar-refractivity contribution in [3.05, 3.63) is 34.9 Å². The highest BCUT2D eigenvalue weighted by Gasteiger charge is 2.17. The van der Waals surface area contributed by atoms with Crippen LogP contribution in [0.2, 0.25) is 0 Å². The first-order chi connectivity index (χ1) is 8.97. The molecule has 6 heteroatoms. The minimum absolute atomic E-state index is 0.00962. The molecule has 0 N–H and O–H groups in total. The minimum atomic E-state index is -1.05. The Kier molecular flexibility index (Phi) is 5.89. The topological polar surface area (TPSA) is 38.7 Å². The summed E-state index contributed by atoms with van der Waals surface area (Å²) in [7, 11) is 0. The number of rotatable bonds is 6. The quantitative estimate of drug-likeness (QED) is 0.458. The molecule has 1 atom stereocenters. The molecule has 0 aliphatic rings. The van der Waals surface area contributed by atoms with Crippen LogP contribution < -0.4 is 0 Å². The highest BCUT2D eigenvalue weighted by atomic mass is 35.5. The molecule has 3 nitrogen and oxygen atoms in total. The third-order valence-electron chi connectivity index (χ3n) is 2.55. The van der Waals surface area contributed by atoms with Crippen molar-refractivity contribution >= 4 is 24.3 Å². The van der Waals surface area contributed by atoms with Gasteiger partial charge < -0.3 is 9.73 Å². The molecule has 0 aliphatic heterocycles. The van der Waals surface area contributed by atoms with E-state index in [9.17, 15) is 13.6 Å². The summed E-state index contributed by atoms with van der Waals surface area (Å²) in [5.41, 5.74) is -0.0894. The lowest BCUT2D eigenvalue weighted by atomic mass is 10.1. The highest BCUT2D eigenvalue weighted by Crippen LogP contribution is 2.17. The van der Waals surface area contributed by atoms with E-state index in [-0.39, 0.29) is 23.1 Å². The number of ether oxygens (including phenoxy) is 1. The normalized spacial score (nSPS) is 12.0. The summed E-state index contributed by atoms with van der Waals surface area (Å²) in [5.74, 6) is -2.78. The summed E-state index contributed by atoms with van der Waals surface area (Å²) in [5, 5.41) is -0.389. The molecule has 1 aromatic carbocycles. The maximum absolute atomic E-state index is 13.3. The third-order valence-corrected chi connectivity index (χ3v) is 2.90. The molecule has 0 saturated carbocycles. The van der Waals surface area contributed by atoms with Crippen LogP contribution in [0.25, 0.3) is 0 Å². The summed E-state index contributed by atoms with van der Waals surface area (Å²) in [6, 6.07) is 2.07. The second-order valence-electron chi connectivity index (χ2n) is 3.97. The van der Waals surface area contributed by atoms with Crippen LogP contribution in [0.4, 0.5) is 8.78 Å². The molecular weight excluding hydrogens is 276 g/mol. The van der Waals surface area contributed by atoms with Gasteiger partial charge in [-0.05, 0) is 32.2 Å². The SMILES string of the molecule is C=NCCC(Cl)COC(=O)c1ccc(F)c(F)c1C. The Morgan fingerprint density at radius 1 is 1.53 bits per heavy atom. The molecule has 1 aromatic rings. The van der Waals surface area contributed by atoms with Crippen LogP contribution in [0.15, 0.2) is 17.1 Å². The van der Waals surface area contributed by atoms with E-state index in [2.05, 4.69) is 11.7 Å². The minimum Gasteiger partial charge on any atom is -0.461 e. The Bertz CT molecular complexity index is 480. The second kappa shape index (κ2) is 7.19. The molecule has 0 heterocycles. The molecule has 1 unspecified atom stereocenters. The fourth-order valence-electron chi connectivity index (χ4n) is 1.43. The molecule has 0 aliphatic carbocycles. The van der Waals surface area contributed by atoms with Gasteiger partial charge in [-0.15, -0.1) is 11.6 Å². The zero-order valence-electron chi connectivity index (χ0n) is 10.5. The van der Waals surface area contributed by atoms with E-state index in [0.29, 0.717) is 13.0 Å². The average Bonchev–Trinajstić information content (AvgIpc) is 2.40. The van der Waals surface area contributed by atoms with Crippen molar-refractivity contribution in [2.75, 3.05) is 13.2 Å². The molecule has 0 radical (unpaired) electrons. The van der Waals surface area contributed by atoms with Gasteiger partial charge in [0.2, 0.25) is 0 Å². The number of esters is 1. The molecule has 1 rings (SSSR count). The van der Waals surface area contributed by atoms with E-state index in [4.69, 9.17) is 16.3 Å². The second-order valence-corrected chi connectivity index (χ2v) is 4.58. The third kappa shape index (κ3) is 4.28. The van der Waals surface area contributed by atoms with Gasteiger partial charge in [0.25, 0.3) is 0 Å². The van der Waals surface area contributed by atoms with Crippen LogP contribution in [-0.2, 0) is 4.74 Å². The fraction of sp³-hybridized carbons (Fsp3) is 0.385. The molecule has 104 valence electrons. The highest BCUT2D eigenvalue weighted by molar-refractivity contribution is 6.20. The van der Waals surface area contributed by atoms with Gasteiger partial charge in [0.15, 0.2) is 11.6 Å². The fourth-order valence-corrected chi connectivity index (χ4v) is 1.59. The number of nitrogens with zero attached hydrogens (tertiary/aromatic N) is 1. The molecular formula is C13H14ClF2NO2. The Hall–Kier alpha value is -1.49. The lowest BCUT2D eigenvalue weighted by Crippen LogP contribution is -2.16.